The van der Waals surface area contributed by atoms with E-state index >= 15 is 0 Å². The van der Waals surface area contributed by atoms with E-state index in [1.54, 1.807) is 6.20 Å². The summed E-state index contributed by atoms with van der Waals surface area (Å²) in [6.07, 6.45) is 3.61. The van der Waals surface area contributed by atoms with Crippen LogP contribution in [0.1, 0.15) is 32.3 Å². The second-order valence-electron chi connectivity index (χ2n) is 3.97. The van der Waals surface area contributed by atoms with Gasteiger partial charge in [0.15, 0.2) is 0 Å². The minimum atomic E-state index is 0.359. The lowest BCUT2D eigenvalue weighted by atomic mass is 9.89. The molecule has 3 heteroatoms. The summed E-state index contributed by atoms with van der Waals surface area (Å²) in [6, 6.07) is 2.04. The van der Waals surface area contributed by atoms with Crippen LogP contribution in [-0.4, -0.2) is 18.1 Å². The fourth-order valence-corrected chi connectivity index (χ4v) is 1.68. The Morgan fingerprint density at radius 3 is 2.67 bits per heavy atom. The molecule has 0 amide bonds. The molecular formula is C12H20N2O. The van der Waals surface area contributed by atoms with Crippen LogP contribution in [0.3, 0.4) is 0 Å². The molecule has 0 aromatic carbocycles. The lowest BCUT2D eigenvalue weighted by Gasteiger charge is -2.19. The number of hydrogen-bond donors (Lipinski definition) is 1. The molecule has 0 aliphatic heterocycles. The third kappa shape index (κ3) is 3.20. The van der Waals surface area contributed by atoms with Crippen LogP contribution in [0.2, 0.25) is 0 Å². The average Bonchev–Trinajstić information content (AvgIpc) is 2.19. The zero-order chi connectivity index (χ0) is 11.3. The van der Waals surface area contributed by atoms with Gasteiger partial charge in [0.05, 0.1) is 12.8 Å². The van der Waals surface area contributed by atoms with Crippen LogP contribution in [-0.2, 0) is 0 Å². The second kappa shape index (κ2) is 5.71. The van der Waals surface area contributed by atoms with Gasteiger partial charge < -0.3 is 10.5 Å². The summed E-state index contributed by atoms with van der Waals surface area (Å²) in [5.41, 5.74) is 6.93. The summed E-state index contributed by atoms with van der Waals surface area (Å²) in [5.74, 6) is 1.71. The molecule has 0 saturated carbocycles. The van der Waals surface area contributed by atoms with Gasteiger partial charge in [-0.05, 0) is 31.0 Å². The topological polar surface area (TPSA) is 48.1 Å². The molecule has 15 heavy (non-hydrogen) atoms. The van der Waals surface area contributed by atoms with Crippen molar-refractivity contribution in [3.8, 4) is 5.75 Å². The smallest absolute Gasteiger partial charge is 0.137 e. The maximum Gasteiger partial charge on any atom is 0.137 e. The van der Waals surface area contributed by atoms with Gasteiger partial charge in [0.25, 0.3) is 0 Å². The van der Waals surface area contributed by atoms with Gasteiger partial charge in [0.2, 0.25) is 0 Å². The highest BCUT2D eigenvalue weighted by molar-refractivity contribution is 5.26. The Kier molecular flexibility index (Phi) is 4.56. The third-order valence-corrected chi connectivity index (χ3v) is 2.53. The van der Waals surface area contributed by atoms with Gasteiger partial charge in [-0.15, -0.1) is 0 Å². The number of ether oxygens (including phenoxy) is 1. The van der Waals surface area contributed by atoms with Crippen LogP contribution in [0.4, 0.5) is 0 Å². The summed E-state index contributed by atoms with van der Waals surface area (Å²) in [5, 5.41) is 0. The number of hydrogen-bond acceptors (Lipinski definition) is 3. The first-order valence-electron chi connectivity index (χ1n) is 5.46. The largest absolute Gasteiger partial charge is 0.492 e. The molecular weight excluding hydrogens is 188 g/mol. The van der Waals surface area contributed by atoms with Crippen LogP contribution < -0.4 is 10.5 Å². The molecule has 0 aliphatic carbocycles. The Morgan fingerprint density at radius 1 is 1.40 bits per heavy atom. The van der Waals surface area contributed by atoms with E-state index in [-0.39, 0.29) is 0 Å². The minimum absolute atomic E-state index is 0.359. The first-order chi connectivity index (χ1) is 7.19. The van der Waals surface area contributed by atoms with Crippen molar-refractivity contribution in [3.05, 3.63) is 24.0 Å². The monoisotopic (exact) mass is 208 g/mol. The molecule has 3 nitrogen and oxygen atoms in total. The molecule has 0 spiro atoms. The van der Waals surface area contributed by atoms with Gasteiger partial charge in [-0.2, -0.15) is 0 Å². The zero-order valence-electron chi connectivity index (χ0n) is 9.73. The van der Waals surface area contributed by atoms with E-state index in [0.29, 0.717) is 25.0 Å². The maximum atomic E-state index is 5.76. The number of rotatable bonds is 5. The number of nitrogens with zero attached hydrogens (tertiary/aromatic N) is 1. The quantitative estimate of drug-likeness (QED) is 0.806. The maximum absolute atomic E-state index is 5.76. The van der Waals surface area contributed by atoms with Crippen LogP contribution in [0.25, 0.3) is 0 Å². The number of aromatic nitrogens is 1. The summed E-state index contributed by atoms with van der Waals surface area (Å²) in [7, 11) is 0. The van der Waals surface area contributed by atoms with Crippen LogP contribution in [0, 0.1) is 5.92 Å². The van der Waals surface area contributed by atoms with E-state index in [9.17, 15) is 0 Å². The van der Waals surface area contributed by atoms with Crippen molar-refractivity contribution in [2.75, 3.05) is 13.2 Å². The predicted molar refractivity (Wildman–Crippen MR) is 62.0 cm³/mol. The highest BCUT2D eigenvalue weighted by Gasteiger charge is 2.14. The molecule has 84 valence electrons. The standard InChI is InChI=1S/C12H20N2O/c1-4-15-11-5-10(7-14-8-11)12(6-13)9(2)3/h5,7-9,12H,4,6,13H2,1-3H3. The Hall–Kier alpha value is -1.09. The van der Waals surface area contributed by atoms with Crippen molar-refractivity contribution < 1.29 is 4.74 Å². The van der Waals surface area contributed by atoms with E-state index in [1.807, 2.05) is 19.2 Å². The van der Waals surface area contributed by atoms with Crippen LogP contribution >= 0.6 is 0 Å². The molecule has 2 N–H and O–H groups in total. The van der Waals surface area contributed by atoms with E-state index in [2.05, 4.69) is 18.8 Å². The fourth-order valence-electron chi connectivity index (χ4n) is 1.68. The van der Waals surface area contributed by atoms with Crippen molar-refractivity contribution in [1.29, 1.82) is 0 Å². The normalized spacial score (nSPS) is 12.9. The molecule has 0 aliphatic rings. The average molecular weight is 208 g/mol. The number of pyridine rings is 1. The van der Waals surface area contributed by atoms with Gasteiger partial charge in [-0.25, -0.2) is 0 Å². The molecule has 0 bridgehead atoms. The predicted octanol–water partition coefficient (Wildman–Crippen LogP) is 2.18. The van der Waals surface area contributed by atoms with Crippen LogP contribution in [0.5, 0.6) is 5.75 Å². The van der Waals surface area contributed by atoms with Crippen molar-refractivity contribution in [2.24, 2.45) is 11.7 Å². The first-order valence-corrected chi connectivity index (χ1v) is 5.46. The first kappa shape index (κ1) is 12.0. The summed E-state index contributed by atoms with van der Waals surface area (Å²) < 4.78 is 5.42. The molecule has 0 radical (unpaired) electrons. The summed E-state index contributed by atoms with van der Waals surface area (Å²) in [6.45, 7) is 7.63. The fraction of sp³-hybridized carbons (Fsp3) is 0.583. The highest BCUT2D eigenvalue weighted by atomic mass is 16.5. The zero-order valence-corrected chi connectivity index (χ0v) is 9.73. The van der Waals surface area contributed by atoms with Crippen molar-refractivity contribution in [3.63, 3.8) is 0 Å². The van der Waals surface area contributed by atoms with Crippen molar-refractivity contribution in [2.45, 2.75) is 26.7 Å². The SMILES string of the molecule is CCOc1cncc(C(CN)C(C)C)c1. The number of nitrogens with two attached hydrogens (primary N) is 1. The van der Waals surface area contributed by atoms with Gasteiger partial charge >= 0.3 is 0 Å². The third-order valence-electron chi connectivity index (χ3n) is 2.53. The molecule has 0 saturated heterocycles. The molecule has 1 atom stereocenters. The molecule has 1 heterocycles. The van der Waals surface area contributed by atoms with Crippen molar-refractivity contribution >= 4 is 0 Å². The second-order valence-corrected chi connectivity index (χ2v) is 3.97. The Balaban J connectivity index is 2.87. The van der Waals surface area contributed by atoms with E-state index in [1.165, 1.54) is 5.56 Å². The van der Waals surface area contributed by atoms with Gasteiger partial charge in [-0.1, -0.05) is 13.8 Å². The Morgan fingerprint density at radius 2 is 2.13 bits per heavy atom. The van der Waals surface area contributed by atoms with Gasteiger partial charge in [0.1, 0.15) is 5.75 Å². The van der Waals surface area contributed by atoms with Crippen LogP contribution in [0.15, 0.2) is 18.5 Å². The molecule has 0 fully saturated rings. The Labute approximate surface area is 91.7 Å². The lowest BCUT2D eigenvalue weighted by molar-refractivity contribution is 0.337. The molecule has 1 unspecified atom stereocenters. The molecule has 1 aromatic rings. The van der Waals surface area contributed by atoms with E-state index < -0.39 is 0 Å². The summed E-state index contributed by atoms with van der Waals surface area (Å²) in [4.78, 5) is 4.17. The summed E-state index contributed by atoms with van der Waals surface area (Å²) >= 11 is 0. The van der Waals surface area contributed by atoms with Gasteiger partial charge in [0, 0.05) is 12.1 Å². The molecule has 1 aromatic heterocycles. The highest BCUT2D eigenvalue weighted by Crippen LogP contribution is 2.25. The van der Waals surface area contributed by atoms with E-state index in [0.717, 1.165) is 5.75 Å². The lowest BCUT2D eigenvalue weighted by Crippen LogP contribution is -2.18. The molecule has 1 rings (SSSR count). The van der Waals surface area contributed by atoms with Crippen molar-refractivity contribution in [1.82, 2.24) is 4.98 Å². The van der Waals surface area contributed by atoms with Gasteiger partial charge in [-0.3, -0.25) is 4.98 Å². The van der Waals surface area contributed by atoms with E-state index in [4.69, 9.17) is 10.5 Å². The Bertz CT molecular complexity index is 299. The minimum Gasteiger partial charge on any atom is -0.492 e.